The molecule has 16 heavy (non-hydrogen) atoms. The van der Waals surface area contributed by atoms with Gasteiger partial charge < -0.3 is 4.43 Å². The van der Waals surface area contributed by atoms with E-state index in [-0.39, 0.29) is 5.60 Å². The Kier molecular flexibility index (Phi) is 7.55. The first kappa shape index (κ1) is 15.6. The third kappa shape index (κ3) is 4.20. The summed E-state index contributed by atoms with van der Waals surface area (Å²) in [5.74, 6) is 1.05. The summed E-state index contributed by atoms with van der Waals surface area (Å²) in [6.45, 7) is 9.49. The van der Waals surface area contributed by atoms with Gasteiger partial charge in [-0.1, -0.05) is 27.7 Å². The SMILES string of the molecule is CC(C)C(CCCCN=C=O)(O[SiH3])C(C)C. The Bertz CT molecular complexity index is 227. The number of hydrogen-bond donors (Lipinski definition) is 0. The van der Waals surface area contributed by atoms with Gasteiger partial charge in [0.2, 0.25) is 6.08 Å². The van der Waals surface area contributed by atoms with Crippen molar-refractivity contribution in [2.45, 2.75) is 52.6 Å². The molecule has 94 valence electrons. The van der Waals surface area contributed by atoms with Crippen LogP contribution in [-0.4, -0.2) is 28.7 Å². The highest BCUT2D eigenvalue weighted by Crippen LogP contribution is 2.34. The number of isocyanates is 1. The van der Waals surface area contributed by atoms with Crippen LogP contribution in [0.15, 0.2) is 4.99 Å². The van der Waals surface area contributed by atoms with Gasteiger partial charge in [0.25, 0.3) is 0 Å². The third-order valence-electron chi connectivity index (χ3n) is 3.49. The normalized spacial score (nSPS) is 12.1. The zero-order chi connectivity index (χ0) is 12.6. The Hall–Kier alpha value is -0.443. The molecule has 0 aromatic heterocycles. The molecule has 0 fully saturated rings. The van der Waals surface area contributed by atoms with Crippen molar-refractivity contribution in [3.05, 3.63) is 0 Å². The number of nitrogens with zero attached hydrogens (tertiary/aromatic N) is 1. The van der Waals surface area contributed by atoms with Crippen LogP contribution in [-0.2, 0) is 9.22 Å². The monoisotopic (exact) mass is 243 g/mol. The van der Waals surface area contributed by atoms with Crippen molar-refractivity contribution in [2.75, 3.05) is 6.54 Å². The smallest absolute Gasteiger partial charge is 0.234 e. The molecule has 0 aliphatic carbocycles. The second-order valence-corrected chi connectivity index (χ2v) is 5.31. The number of unbranched alkanes of at least 4 members (excludes halogenated alkanes) is 1. The highest BCUT2D eigenvalue weighted by molar-refractivity contribution is 5.98. The number of hydrogen-bond acceptors (Lipinski definition) is 3. The largest absolute Gasteiger partial charge is 0.422 e. The van der Waals surface area contributed by atoms with E-state index in [1.165, 1.54) is 0 Å². The van der Waals surface area contributed by atoms with Crippen molar-refractivity contribution in [1.29, 1.82) is 0 Å². The number of carbonyl (C=O) groups excluding carboxylic acids is 1. The Morgan fingerprint density at radius 3 is 2.19 bits per heavy atom. The maximum atomic E-state index is 9.93. The lowest BCUT2D eigenvalue weighted by Crippen LogP contribution is -2.43. The second-order valence-electron chi connectivity index (χ2n) is 4.90. The average molecular weight is 243 g/mol. The van der Waals surface area contributed by atoms with Crippen molar-refractivity contribution in [2.24, 2.45) is 16.8 Å². The van der Waals surface area contributed by atoms with Gasteiger partial charge in [-0.3, -0.25) is 0 Å². The van der Waals surface area contributed by atoms with Crippen molar-refractivity contribution >= 4 is 16.6 Å². The fourth-order valence-electron chi connectivity index (χ4n) is 2.46. The van der Waals surface area contributed by atoms with E-state index in [0.29, 0.717) is 18.4 Å². The van der Waals surface area contributed by atoms with E-state index in [0.717, 1.165) is 29.7 Å². The summed E-state index contributed by atoms with van der Waals surface area (Å²) in [6, 6.07) is 0. The molecule has 0 bridgehead atoms. The summed E-state index contributed by atoms with van der Waals surface area (Å²) in [6.07, 6.45) is 4.64. The lowest BCUT2D eigenvalue weighted by atomic mass is 9.77. The van der Waals surface area contributed by atoms with Gasteiger partial charge in [-0.15, -0.1) is 0 Å². The van der Waals surface area contributed by atoms with Gasteiger partial charge >= 0.3 is 0 Å². The quantitative estimate of drug-likeness (QED) is 0.282. The van der Waals surface area contributed by atoms with E-state index < -0.39 is 0 Å². The van der Waals surface area contributed by atoms with Gasteiger partial charge in [-0.05, 0) is 31.1 Å². The van der Waals surface area contributed by atoms with E-state index in [1.807, 2.05) is 0 Å². The topological polar surface area (TPSA) is 38.7 Å². The van der Waals surface area contributed by atoms with Crippen LogP contribution in [0.5, 0.6) is 0 Å². The molecular formula is C12H25NO2Si. The van der Waals surface area contributed by atoms with Crippen LogP contribution in [0.4, 0.5) is 0 Å². The van der Waals surface area contributed by atoms with Crippen LogP contribution < -0.4 is 0 Å². The predicted octanol–water partition coefficient (Wildman–Crippen LogP) is 1.84. The molecule has 0 N–H and O–H groups in total. The molecule has 0 aromatic carbocycles. The van der Waals surface area contributed by atoms with Crippen LogP contribution in [0.3, 0.4) is 0 Å². The number of rotatable bonds is 8. The van der Waals surface area contributed by atoms with E-state index in [2.05, 4.69) is 32.7 Å². The maximum absolute atomic E-state index is 9.93. The van der Waals surface area contributed by atoms with Crippen molar-refractivity contribution in [3.63, 3.8) is 0 Å². The first-order valence-corrected chi connectivity index (χ1v) is 6.91. The van der Waals surface area contributed by atoms with Crippen molar-refractivity contribution in [1.82, 2.24) is 0 Å². The van der Waals surface area contributed by atoms with Gasteiger partial charge in [-0.25, -0.2) is 9.79 Å². The fraction of sp³-hybridized carbons (Fsp3) is 0.917. The second kappa shape index (κ2) is 7.77. The summed E-state index contributed by atoms with van der Waals surface area (Å²) < 4.78 is 5.90. The third-order valence-corrected chi connectivity index (χ3v) is 4.25. The fourth-order valence-corrected chi connectivity index (χ4v) is 3.60. The van der Waals surface area contributed by atoms with E-state index in [4.69, 9.17) is 4.43 Å². The Morgan fingerprint density at radius 2 is 1.81 bits per heavy atom. The molecule has 0 unspecified atom stereocenters. The summed E-state index contributed by atoms with van der Waals surface area (Å²) in [5.41, 5.74) is 0.0110. The van der Waals surface area contributed by atoms with Crippen molar-refractivity contribution < 1.29 is 9.22 Å². The number of aliphatic imine (C=N–C) groups is 1. The maximum Gasteiger partial charge on any atom is 0.234 e. The molecule has 0 rings (SSSR count). The zero-order valence-corrected chi connectivity index (χ0v) is 13.2. The van der Waals surface area contributed by atoms with Crippen LogP contribution in [0.1, 0.15) is 47.0 Å². The molecule has 0 atom stereocenters. The van der Waals surface area contributed by atoms with Gasteiger partial charge in [0.05, 0.1) is 12.1 Å². The molecule has 4 heteroatoms. The minimum Gasteiger partial charge on any atom is -0.422 e. The molecule has 0 amide bonds. The summed E-state index contributed by atoms with van der Waals surface area (Å²) in [5, 5.41) is 0. The lowest BCUT2D eigenvalue weighted by Gasteiger charge is -2.41. The molecular weight excluding hydrogens is 218 g/mol. The van der Waals surface area contributed by atoms with E-state index in [9.17, 15) is 4.79 Å². The molecule has 0 spiro atoms. The Morgan fingerprint density at radius 1 is 1.25 bits per heavy atom. The van der Waals surface area contributed by atoms with Gasteiger partial charge in [0.15, 0.2) is 0 Å². The minimum atomic E-state index is 0.0110. The molecule has 0 aliphatic heterocycles. The summed E-state index contributed by atoms with van der Waals surface area (Å²) >= 11 is 0. The highest BCUT2D eigenvalue weighted by Gasteiger charge is 2.35. The summed E-state index contributed by atoms with van der Waals surface area (Å²) in [7, 11) is 0.776. The summed E-state index contributed by atoms with van der Waals surface area (Å²) in [4.78, 5) is 13.5. The van der Waals surface area contributed by atoms with Crippen LogP contribution in [0.2, 0.25) is 0 Å². The lowest BCUT2D eigenvalue weighted by molar-refractivity contribution is -0.0241. The molecule has 3 nitrogen and oxygen atoms in total. The van der Waals surface area contributed by atoms with E-state index in [1.54, 1.807) is 6.08 Å². The van der Waals surface area contributed by atoms with Gasteiger partial charge in [0.1, 0.15) is 10.5 Å². The van der Waals surface area contributed by atoms with Crippen LogP contribution in [0.25, 0.3) is 0 Å². The van der Waals surface area contributed by atoms with Crippen LogP contribution >= 0.6 is 0 Å². The van der Waals surface area contributed by atoms with Gasteiger partial charge in [0, 0.05) is 0 Å². The Labute approximate surface area is 102 Å². The highest BCUT2D eigenvalue weighted by atomic mass is 28.2. The predicted molar refractivity (Wildman–Crippen MR) is 70.3 cm³/mol. The molecule has 0 heterocycles. The molecule has 0 radical (unpaired) electrons. The van der Waals surface area contributed by atoms with E-state index >= 15 is 0 Å². The molecule has 0 saturated carbocycles. The first-order valence-electron chi connectivity index (χ1n) is 6.10. The van der Waals surface area contributed by atoms with Crippen LogP contribution in [0, 0.1) is 11.8 Å². The molecule has 0 saturated heterocycles. The first-order chi connectivity index (χ1) is 7.51. The molecule has 0 aromatic rings. The minimum absolute atomic E-state index is 0.0110. The Balaban J connectivity index is 4.27. The molecule has 0 aliphatic rings. The average Bonchev–Trinajstić information content (AvgIpc) is 2.22. The van der Waals surface area contributed by atoms with Gasteiger partial charge in [-0.2, -0.15) is 0 Å². The zero-order valence-electron chi connectivity index (χ0n) is 11.2. The van der Waals surface area contributed by atoms with Crippen molar-refractivity contribution in [3.8, 4) is 0 Å². The standard InChI is InChI=1S/C12H25NO2Si/c1-10(2)12(15-16,11(3)4)7-5-6-8-13-9-14/h10-11H,5-8H2,1-4,16H3.